The monoisotopic (exact) mass is 343 g/mol. The topological polar surface area (TPSA) is 77.6 Å². The summed E-state index contributed by atoms with van der Waals surface area (Å²) in [5.74, 6) is 1.06. The fraction of sp³-hybridized carbons (Fsp3) is 0.421. The Hall–Kier alpha value is -2.31. The van der Waals surface area contributed by atoms with Crippen molar-refractivity contribution in [3.8, 4) is 5.75 Å². The molecule has 1 amide bonds. The van der Waals surface area contributed by atoms with Crippen LogP contribution in [0.25, 0.3) is 0 Å². The van der Waals surface area contributed by atoms with E-state index < -0.39 is 6.10 Å². The molecule has 0 aliphatic heterocycles. The van der Waals surface area contributed by atoms with E-state index in [1.165, 1.54) is 0 Å². The minimum absolute atomic E-state index is 0.0989. The highest BCUT2D eigenvalue weighted by molar-refractivity contribution is 6.05. The highest BCUT2D eigenvalue weighted by atomic mass is 16.5. The summed E-state index contributed by atoms with van der Waals surface area (Å²) in [5.41, 5.74) is 2.47. The summed E-state index contributed by atoms with van der Waals surface area (Å²) in [6.07, 6.45) is 3.57. The van der Waals surface area contributed by atoms with Crippen LogP contribution in [0.15, 0.2) is 36.5 Å². The number of aromatic nitrogens is 1. The van der Waals surface area contributed by atoms with Gasteiger partial charge in [-0.05, 0) is 63.2 Å². The van der Waals surface area contributed by atoms with Crippen LogP contribution in [0.2, 0.25) is 0 Å². The first-order valence-corrected chi connectivity index (χ1v) is 8.57. The van der Waals surface area contributed by atoms with Gasteiger partial charge >= 0.3 is 0 Å². The van der Waals surface area contributed by atoms with Gasteiger partial charge in [-0.15, -0.1) is 0 Å². The van der Waals surface area contributed by atoms with E-state index in [0.29, 0.717) is 23.9 Å². The number of carbonyl (C=O) groups is 1. The van der Waals surface area contributed by atoms with E-state index in [-0.39, 0.29) is 12.5 Å². The van der Waals surface area contributed by atoms with Gasteiger partial charge in [0.25, 0.3) is 5.91 Å². The average molecular weight is 343 g/mol. The molecule has 1 aliphatic rings. The third-order valence-corrected chi connectivity index (χ3v) is 4.14. The first kappa shape index (κ1) is 17.5. The summed E-state index contributed by atoms with van der Waals surface area (Å²) in [6, 6.07) is 9.00. The molecule has 25 heavy (non-hydrogen) atoms. The zero-order chi connectivity index (χ0) is 17.8. The summed E-state index contributed by atoms with van der Waals surface area (Å²) >= 11 is 0. The van der Waals surface area contributed by atoms with Gasteiger partial charge in [0.1, 0.15) is 18.5 Å². The van der Waals surface area contributed by atoms with Gasteiger partial charge in [-0.25, -0.2) is 0 Å². The molecular weight excluding hydrogens is 318 g/mol. The smallest absolute Gasteiger partial charge is 0.257 e. The number of ether oxygens (including phenoxy) is 1. The molecule has 2 aromatic rings. The lowest BCUT2D eigenvalue weighted by molar-refractivity contribution is 0.0831. The number of hydrogen-bond acceptors (Lipinski definition) is 4. The summed E-state index contributed by atoms with van der Waals surface area (Å²) in [6.45, 7) is 0.784. The van der Waals surface area contributed by atoms with Crippen LogP contribution in [0.3, 0.4) is 0 Å². The summed E-state index contributed by atoms with van der Waals surface area (Å²) < 4.78 is 5.57. The maximum atomic E-state index is 12.4. The molecule has 3 N–H and O–H groups in total. The Morgan fingerprint density at radius 2 is 2.04 bits per heavy atom. The minimum atomic E-state index is -0.538. The van der Waals surface area contributed by atoms with Crippen LogP contribution >= 0.6 is 0 Å². The SMILES string of the molecule is CN(C)CC(O)COc1ccc(NC(=O)c2cc[nH]c2C2CC2)cc1. The molecule has 1 aromatic heterocycles. The fourth-order valence-electron chi connectivity index (χ4n) is 2.79. The van der Waals surface area contributed by atoms with Gasteiger partial charge in [-0.3, -0.25) is 4.79 Å². The van der Waals surface area contributed by atoms with E-state index in [0.717, 1.165) is 24.1 Å². The Morgan fingerprint density at radius 3 is 2.68 bits per heavy atom. The molecule has 6 nitrogen and oxygen atoms in total. The molecule has 134 valence electrons. The van der Waals surface area contributed by atoms with Gasteiger partial charge in [0, 0.05) is 24.1 Å². The second kappa shape index (κ2) is 7.72. The molecular formula is C19H25N3O3. The van der Waals surface area contributed by atoms with Crippen molar-refractivity contribution >= 4 is 11.6 Å². The third kappa shape index (κ3) is 4.84. The number of aliphatic hydroxyl groups is 1. The van der Waals surface area contributed by atoms with Gasteiger partial charge in [-0.2, -0.15) is 0 Å². The standard InChI is InChI=1S/C19H25N3O3/c1-22(2)11-15(23)12-25-16-7-5-14(6-8-16)21-19(24)17-9-10-20-18(17)13-3-4-13/h5-10,13,15,20,23H,3-4,11-12H2,1-2H3,(H,21,24). The Kier molecular flexibility index (Phi) is 5.40. The zero-order valence-corrected chi connectivity index (χ0v) is 14.7. The molecule has 0 bridgehead atoms. The van der Waals surface area contributed by atoms with Crippen molar-refractivity contribution in [2.24, 2.45) is 0 Å². The number of H-pyrrole nitrogens is 1. The molecule has 0 spiro atoms. The van der Waals surface area contributed by atoms with Crippen molar-refractivity contribution in [1.29, 1.82) is 0 Å². The molecule has 1 saturated carbocycles. The van der Waals surface area contributed by atoms with Crippen LogP contribution < -0.4 is 10.1 Å². The quantitative estimate of drug-likeness (QED) is 0.688. The second-order valence-corrected chi connectivity index (χ2v) is 6.78. The van der Waals surface area contributed by atoms with Crippen molar-refractivity contribution in [1.82, 2.24) is 9.88 Å². The molecule has 0 radical (unpaired) electrons. The van der Waals surface area contributed by atoms with Crippen molar-refractivity contribution in [2.75, 3.05) is 32.6 Å². The Bertz CT molecular complexity index is 705. The number of hydrogen-bond donors (Lipinski definition) is 3. The van der Waals surface area contributed by atoms with E-state index in [9.17, 15) is 9.90 Å². The van der Waals surface area contributed by atoms with Crippen molar-refractivity contribution in [3.63, 3.8) is 0 Å². The molecule has 1 atom stereocenters. The lowest BCUT2D eigenvalue weighted by atomic mass is 10.1. The number of nitrogens with zero attached hydrogens (tertiary/aromatic N) is 1. The summed E-state index contributed by atoms with van der Waals surface area (Å²) in [4.78, 5) is 17.5. The second-order valence-electron chi connectivity index (χ2n) is 6.78. The van der Waals surface area contributed by atoms with Crippen LogP contribution in [-0.4, -0.2) is 54.2 Å². The highest BCUT2D eigenvalue weighted by Gasteiger charge is 2.29. The average Bonchev–Trinajstić information content (AvgIpc) is 3.30. The van der Waals surface area contributed by atoms with Crippen LogP contribution in [0.5, 0.6) is 5.75 Å². The largest absolute Gasteiger partial charge is 0.491 e. The summed E-state index contributed by atoms with van der Waals surface area (Å²) in [5, 5.41) is 12.7. The van der Waals surface area contributed by atoms with E-state index in [2.05, 4.69) is 10.3 Å². The first-order chi connectivity index (χ1) is 12.0. The number of benzene rings is 1. The molecule has 3 rings (SSSR count). The van der Waals surface area contributed by atoms with Gasteiger partial charge < -0.3 is 25.0 Å². The van der Waals surface area contributed by atoms with Gasteiger partial charge in [-0.1, -0.05) is 0 Å². The zero-order valence-electron chi connectivity index (χ0n) is 14.7. The van der Waals surface area contributed by atoms with Gasteiger partial charge in [0.2, 0.25) is 0 Å². The number of likely N-dealkylation sites (N-methyl/N-ethyl adjacent to an activating group) is 1. The van der Waals surface area contributed by atoms with E-state index in [1.54, 1.807) is 24.3 Å². The predicted molar refractivity (Wildman–Crippen MR) is 97.2 cm³/mol. The summed E-state index contributed by atoms with van der Waals surface area (Å²) in [7, 11) is 3.81. The van der Waals surface area contributed by atoms with E-state index >= 15 is 0 Å². The maximum absolute atomic E-state index is 12.4. The van der Waals surface area contributed by atoms with E-state index in [1.807, 2.05) is 31.3 Å². The molecule has 1 heterocycles. The maximum Gasteiger partial charge on any atom is 0.257 e. The van der Waals surface area contributed by atoms with Crippen LogP contribution in [0, 0.1) is 0 Å². The number of rotatable bonds is 8. The number of nitrogens with one attached hydrogen (secondary N) is 2. The molecule has 1 unspecified atom stereocenters. The third-order valence-electron chi connectivity index (χ3n) is 4.14. The van der Waals surface area contributed by atoms with Crippen molar-refractivity contribution in [3.05, 3.63) is 47.8 Å². The Morgan fingerprint density at radius 1 is 1.32 bits per heavy atom. The molecule has 1 fully saturated rings. The number of carbonyl (C=O) groups excluding carboxylic acids is 1. The molecule has 1 aliphatic carbocycles. The number of aromatic amines is 1. The molecule has 6 heteroatoms. The Labute approximate surface area is 147 Å². The van der Waals surface area contributed by atoms with Crippen LogP contribution in [-0.2, 0) is 0 Å². The highest BCUT2D eigenvalue weighted by Crippen LogP contribution is 2.40. The van der Waals surface area contributed by atoms with Crippen molar-refractivity contribution in [2.45, 2.75) is 24.9 Å². The van der Waals surface area contributed by atoms with Gasteiger partial charge in [0.15, 0.2) is 0 Å². The van der Waals surface area contributed by atoms with E-state index in [4.69, 9.17) is 4.74 Å². The number of aliphatic hydroxyl groups excluding tert-OH is 1. The van der Waals surface area contributed by atoms with Gasteiger partial charge in [0.05, 0.1) is 5.56 Å². The van der Waals surface area contributed by atoms with Crippen molar-refractivity contribution < 1.29 is 14.6 Å². The lowest BCUT2D eigenvalue weighted by Crippen LogP contribution is -2.30. The number of amides is 1. The van der Waals surface area contributed by atoms with Crippen LogP contribution in [0.1, 0.15) is 34.8 Å². The normalized spacial score (nSPS) is 15.2. The lowest BCUT2D eigenvalue weighted by Gasteiger charge is -2.16. The molecule has 0 saturated heterocycles. The fourth-order valence-corrected chi connectivity index (χ4v) is 2.79. The first-order valence-electron chi connectivity index (χ1n) is 8.57. The van der Waals surface area contributed by atoms with Crippen LogP contribution in [0.4, 0.5) is 5.69 Å². The minimum Gasteiger partial charge on any atom is -0.491 e. The Balaban J connectivity index is 1.53. The predicted octanol–water partition coefficient (Wildman–Crippen LogP) is 2.45. The number of anilines is 1. The molecule has 1 aromatic carbocycles.